The molecule has 0 spiro atoms. The second-order valence-electron chi connectivity index (χ2n) is 6.25. The number of carbonyl (C=O) groups is 2. The standard InChI is InChI=1S/C21H19ClN2O3S/c1-14-3-2-4-16(9-14)21-24-18(13-28-21)10-20(26)27-12-19(25)23-11-15-5-7-17(22)8-6-15/h2-9,13H,10-12H2,1H3,(H,23,25). The quantitative estimate of drug-likeness (QED) is 0.589. The number of ether oxygens (including phenoxy) is 1. The molecule has 3 aromatic rings. The summed E-state index contributed by atoms with van der Waals surface area (Å²) in [5.74, 6) is -0.843. The maximum atomic E-state index is 12.0. The van der Waals surface area contributed by atoms with Gasteiger partial charge in [0.25, 0.3) is 5.91 Å². The van der Waals surface area contributed by atoms with Gasteiger partial charge in [0.2, 0.25) is 0 Å². The Bertz CT molecular complexity index is 970. The van der Waals surface area contributed by atoms with Gasteiger partial charge in [-0.3, -0.25) is 9.59 Å². The molecule has 0 aliphatic rings. The molecule has 1 N–H and O–H groups in total. The lowest BCUT2D eigenvalue weighted by Gasteiger charge is -2.06. The molecular formula is C21H19ClN2O3S. The molecule has 1 aromatic heterocycles. The van der Waals surface area contributed by atoms with Gasteiger partial charge in [-0.25, -0.2) is 4.98 Å². The average molecular weight is 415 g/mol. The highest BCUT2D eigenvalue weighted by atomic mass is 35.5. The molecule has 3 rings (SSSR count). The number of aromatic nitrogens is 1. The highest BCUT2D eigenvalue weighted by Gasteiger charge is 2.12. The van der Waals surface area contributed by atoms with E-state index < -0.39 is 5.97 Å². The lowest BCUT2D eigenvalue weighted by Crippen LogP contribution is -2.28. The summed E-state index contributed by atoms with van der Waals surface area (Å²) >= 11 is 7.30. The number of thiazole rings is 1. The number of nitrogens with one attached hydrogen (secondary N) is 1. The number of rotatable bonds is 7. The molecule has 0 atom stereocenters. The number of amides is 1. The van der Waals surface area contributed by atoms with E-state index in [-0.39, 0.29) is 18.9 Å². The third-order valence-electron chi connectivity index (χ3n) is 3.91. The average Bonchev–Trinajstić information content (AvgIpc) is 3.14. The number of aryl methyl sites for hydroxylation is 1. The zero-order valence-corrected chi connectivity index (χ0v) is 16.8. The summed E-state index contributed by atoms with van der Waals surface area (Å²) in [6, 6.07) is 15.2. The van der Waals surface area contributed by atoms with Gasteiger partial charge < -0.3 is 10.1 Å². The topological polar surface area (TPSA) is 68.3 Å². The number of carbonyl (C=O) groups excluding carboxylic acids is 2. The minimum absolute atomic E-state index is 0.0345. The maximum Gasteiger partial charge on any atom is 0.312 e. The minimum Gasteiger partial charge on any atom is -0.455 e. The van der Waals surface area contributed by atoms with E-state index in [0.29, 0.717) is 17.3 Å². The van der Waals surface area contributed by atoms with Crippen molar-refractivity contribution in [3.8, 4) is 10.6 Å². The third-order valence-corrected chi connectivity index (χ3v) is 5.10. The molecule has 0 aliphatic heterocycles. The molecule has 7 heteroatoms. The molecule has 0 saturated carbocycles. The van der Waals surface area contributed by atoms with E-state index in [9.17, 15) is 9.59 Å². The van der Waals surface area contributed by atoms with Crippen LogP contribution in [0.2, 0.25) is 5.02 Å². The predicted octanol–water partition coefficient (Wildman–Crippen LogP) is 4.17. The Labute approximate surface area is 172 Å². The molecule has 0 fully saturated rings. The van der Waals surface area contributed by atoms with E-state index in [0.717, 1.165) is 21.7 Å². The fraction of sp³-hybridized carbons (Fsp3) is 0.190. The first-order chi connectivity index (χ1) is 13.5. The third kappa shape index (κ3) is 5.90. The van der Waals surface area contributed by atoms with Crippen molar-refractivity contribution in [3.63, 3.8) is 0 Å². The van der Waals surface area contributed by atoms with E-state index in [1.165, 1.54) is 11.3 Å². The normalized spacial score (nSPS) is 10.5. The summed E-state index contributed by atoms with van der Waals surface area (Å²) in [5.41, 5.74) is 3.72. The van der Waals surface area contributed by atoms with E-state index in [4.69, 9.17) is 16.3 Å². The summed E-state index contributed by atoms with van der Waals surface area (Å²) in [7, 11) is 0. The molecule has 2 aromatic carbocycles. The van der Waals surface area contributed by atoms with Gasteiger partial charge in [0.05, 0.1) is 12.1 Å². The molecular weight excluding hydrogens is 396 g/mol. The summed E-state index contributed by atoms with van der Waals surface area (Å²) in [6.45, 7) is 2.05. The largest absolute Gasteiger partial charge is 0.455 e. The van der Waals surface area contributed by atoms with Crippen LogP contribution < -0.4 is 5.32 Å². The van der Waals surface area contributed by atoms with Gasteiger partial charge in [-0.1, -0.05) is 47.5 Å². The van der Waals surface area contributed by atoms with Crippen molar-refractivity contribution in [2.24, 2.45) is 0 Å². The van der Waals surface area contributed by atoms with Crippen molar-refractivity contribution in [3.05, 3.63) is 75.8 Å². The first-order valence-corrected chi connectivity index (χ1v) is 9.93. The van der Waals surface area contributed by atoms with E-state index in [1.54, 1.807) is 12.1 Å². The first-order valence-electron chi connectivity index (χ1n) is 8.68. The second kappa shape index (κ2) is 9.48. The summed E-state index contributed by atoms with van der Waals surface area (Å²) in [4.78, 5) is 28.3. The molecule has 1 heterocycles. The maximum absolute atomic E-state index is 12.0. The van der Waals surface area contributed by atoms with Crippen LogP contribution in [0.25, 0.3) is 10.6 Å². The molecule has 0 radical (unpaired) electrons. The lowest BCUT2D eigenvalue weighted by molar-refractivity contribution is -0.147. The van der Waals surface area contributed by atoms with Crippen LogP contribution in [0.3, 0.4) is 0 Å². The van der Waals surface area contributed by atoms with Crippen LogP contribution in [0.5, 0.6) is 0 Å². The Morgan fingerprint density at radius 3 is 2.71 bits per heavy atom. The minimum atomic E-state index is -0.484. The predicted molar refractivity (Wildman–Crippen MR) is 110 cm³/mol. The SMILES string of the molecule is Cc1cccc(-c2nc(CC(=O)OCC(=O)NCc3ccc(Cl)cc3)cs2)c1. The lowest BCUT2D eigenvalue weighted by atomic mass is 10.1. The second-order valence-corrected chi connectivity index (χ2v) is 7.55. The molecule has 0 saturated heterocycles. The first kappa shape index (κ1) is 20.0. The molecule has 1 amide bonds. The van der Waals surface area contributed by atoms with Crippen LogP contribution in [0.4, 0.5) is 0 Å². The van der Waals surface area contributed by atoms with Crippen LogP contribution in [-0.4, -0.2) is 23.5 Å². The van der Waals surface area contributed by atoms with E-state index in [1.807, 2.05) is 48.7 Å². The van der Waals surface area contributed by atoms with Crippen LogP contribution in [-0.2, 0) is 27.3 Å². The highest BCUT2D eigenvalue weighted by Crippen LogP contribution is 2.24. The van der Waals surface area contributed by atoms with Crippen LogP contribution >= 0.6 is 22.9 Å². The number of benzene rings is 2. The van der Waals surface area contributed by atoms with Gasteiger partial charge in [-0.15, -0.1) is 11.3 Å². The van der Waals surface area contributed by atoms with Crippen molar-refractivity contribution in [1.29, 1.82) is 0 Å². The number of nitrogens with zero attached hydrogens (tertiary/aromatic N) is 1. The summed E-state index contributed by atoms with van der Waals surface area (Å²) in [5, 5.41) is 6.02. The van der Waals surface area contributed by atoms with Crippen molar-refractivity contribution < 1.29 is 14.3 Å². The number of hydrogen-bond donors (Lipinski definition) is 1. The molecule has 144 valence electrons. The fourth-order valence-electron chi connectivity index (χ4n) is 2.50. The Morgan fingerprint density at radius 2 is 1.96 bits per heavy atom. The van der Waals surface area contributed by atoms with Gasteiger partial charge in [0.15, 0.2) is 6.61 Å². The van der Waals surface area contributed by atoms with Crippen LogP contribution in [0, 0.1) is 6.92 Å². The Balaban J connectivity index is 1.44. The smallest absolute Gasteiger partial charge is 0.312 e. The van der Waals surface area contributed by atoms with Gasteiger partial charge in [0.1, 0.15) is 5.01 Å². The van der Waals surface area contributed by atoms with Crippen molar-refractivity contribution in [2.45, 2.75) is 19.9 Å². The zero-order valence-electron chi connectivity index (χ0n) is 15.3. The fourth-order valence-corrected chi connectivity index (χ4v) is 3.44. The van der Waals surface area contributed by atoms with Gasteiger partial charge >= 0.3 is 5.97 Å². The monoisotopic (exact) mass is 414 g/mol. The van der Waals surface area contributed by atoms with Gasteiger partial charge in [-0.05, 0) is 30.7 Å². The van der Waals surface area contributed by atoms with E-state index in [2.05, 4.69) is 10.3 Å². The molecule has 5 nitrogen and oxygen atoms in total. The molecule has 0 unspecified atom stereocenters. The summed E-state index contributed by atoms with van der Waals surface area (Å²) < 4.78 is 5.04. The number of halogens is 1. The number of esters is 1. The van der Waals surface area contributed by atoms with Gasteiger partial charge in [-0.2, -0.15) is 0 Å². The van der Waals surface area contributed by atoms with E-state index >= 15 is 0 Å². The van der Waals surface area contributed by atoms with Crippen molar-refractivity contribution >= 4 is 34.8 Å². The number of hydrogen-bond acceptors (Lipinski definition) is 5. The van der Waals surface area contributed by atoms with Crippen LogP contribution in [0.1, 0.15) is 16.8 Å². The molecule has 28 heavy (non-hydrogen) atoms. The molecule has 0 aliphatic carbocycles. The van der Waals surface area contributed by atoms with Crippen molar-refractivity contribution in [1.82, 2.24) is 10.3 Å². The summed E-state index contributed by atoms with van der Waals surface area (Å²) in [6.07, 6.45) is 0.0345. The Morgan fingerprint density at radius 1 is 1.18 bits per heavy atom. The highest BCUT2D eigenvalue weighted by molar-refractivity contribution is 7.13. The molecule has 0 bridgehead atoms. The Kier molecular flexibility index (Phi) is 6.79. The van der Waals surface area contributed by atoms with Crippen molar-refractivity contribution in [2.75, 3.05) is 6.61 Å². The Hall–Kier alpha value is -2.70. The van der Waals surface area contributed by atoms with Crippen LogP contribution in [0.15, 0.2) is 53.9 Å². The zero-order chi connectivity index (χ0) is 19.9. The van der Waals surface area contributed by atoms with Gasteiger partial charge in [0, 0.05) is 22.5 Å².